The topological polar surface area (TPSA) is 126 Å². The van der Waals surface area contributed by atoms with Crippen molar-refractivity contribution < 1.29 is 14.4 Å². The second kappa shape index (κ2) is 6.66. The molecule has 0 unspecified atom stereocenters. The number of benzene rings is 1. The first-order valence-electron chi connectivity index (χ1n) is 6.04. The van der Waals surface area contributed by atoms with Gasteiger partial charge in [-0.15, -0.1) is 0 Å². The molecule has 8 nitrogen and oxygen atoms in total. The first-order valence-corrected chi connectivity index (χ1v) is 6.86. The SMILES string of the molecule is NC(=O)NC(=O)CCNC(=O)Nc1nc2ccccc2s1. The van der Waals surface area contributed by atoms with Crippen molar-refractivity contribution in [2.24, 2.45) is 5.73 Å². The number of anilines is 1. The number of hydrogen-bond acceptors (Lipinski definition) is 5. The molecule has 1 aromatic carbocycles. The number of carbonyl (C=O) groups excluding carboxylic acids is 3. The van der Waals surface area contributed by atoms with Crippen LogP contribution in [0.5, 0.6) is 0 Å². The van der Waals surface area contributed by atoms with Crippen LogP contribution in [0.25, 0.3) is 10.2 Å². The summed E-state index contributed by atoms with van der Waals surface area (Å²) >= 11 is 1.35. The van der Waals surface area contributed by atoms with E-state index in [1.807, 2.05) is 29.6 Å². The van der Waals surface area contributed by atoms with E-state index in [-0.39, 0.29) is 13.0 Å². The number of carbonyl (C=O) groups is 3. The Morgan fingerprint density at radius 1 is 1.24 bits per heavy atom. The fourth-order valence-electron chi connectivity index (χ4n) is 1.56. The standard InChI is InChI=1S/C12H13N5O3S/c13-10(19)16-9(18)5-6-14-11(20)17-12-15-7-3-1-2-4-8(7)21-12/h1-4H,5-6H2,(H3,13,16,18,19)(H2,14,15,17,20). The van der Waals surface area contributed by atoms with Gasteiger partial charge in [0.05, 0.1) is 10.2 Å². The molecule has 0 saturated carbocycles. The van der Waals surface area contributed by atoms with Gasteiger partial charge in [0, 0.05) is 13.0 Å². The highest BCUT2D eigenvalue weighted by Gasteiger charge is 2.08. The number of thiazole rings is 1. The number of hydrogen-bond donors (Lipinski definition) is 4. The molecule has 0 radical (unpaired) electrons. The Bertz CT molecular complexity index is 651. The lowest BCUT2D eigenvalue weighted by molar-refractivity contribution is -0.119. The van der Waals surface area contributed by atoms with Crippen LogP contribution in [0.4, 0.5) is 14.7 Å². The maximum absolute atomic E-state index is 11.6. The molecule has 0 saturated heterocycles. The van der Waals surface area contributed by atoms with E-state index in [9.17, 15) is 14.4 Å². The van der Waals surface area contributed by atoms with Gasteiger partial charge in [0.2, 0.25) is 5.91 Å². The molecule has 0 aliphatic heterocycles. The number of primary amides is 1. The Kier molecular flexibility index (Phi) is 4.67. The van der Waals surface area contributed by atoms with Gasteiger partial charge < -0.3 is 11.1 Å². The summed E-state index contributed by atoms with van der Waals surface area (Å²) in [5.41, 5.74) is 5.59. The highest BCUT2D eigenvalue weighted by atomic mass is 32.1. The lowest BCUT2D eigenvalue weighted by Gasteiger charge is -2.04. The minimum atomic E-state index is -0.918. The van der Waals surface area contributed by atoms with Crippen molar-refractivity contribution >= 4 is 44.7 Å². The van der Waals surface area contributed by atoms with Crippen LogP contribution in [0.15, 0.2) is 24.3 Å². The van der Waals surface area contributed by atoms with Crippen LogP contribution in [0.3, 0.4) is 0 Å². The highest BCUT2D eigenvalue weighted by Crippen LogP contribution is 2.25. The van der Waals surface area contributed by atoms with Crippen molar-refractivity contribution in [1.82, 2.24) is 15.6 Å². The van der Waals surface area contributed by atoms with Crippen molar-refractivity contribution in [2.75, 3.05) is 11.9 Å². The number of fused-ring (bicyclic) bond motifs is 1. The summed E-state index contributed by atoms with van der Waals surface area (Å²) in [7, 11) is 0. The molecular weight excluding hydrogens is 294 g/mol. The molecule has 0 aliphatic carbocycles. The zero-order chi connectivity index (χ0) is 15.2. The maximum atomic E-state index is 11.6. The number of urea groups is 2. The van der Waals surface area contributed by atoms with Crippen LogP contribution < -0.4 is 21.7 Å². The fourth-order valence-corrected chi connectivity index (χ4v) is 2.42. The van der Waals surface area contributed by atoms with Gasteiger partial charge in [-0.1, -0.05) is 23.5 Å². The molecular formula is C12H13N5O3S. The number of para-hydroxylation sites is 1. The Balaban J connectivity index is 1.79. The molecule has 1 heterocycles. The molecule has 5 N–H and O–H groups in total. The average molecular weight is 307 g/mol. The minimum absolute atomic E-state index is 0.0454. The van der Waals surface area contributed by atoms with E-state index in [4.69, 9.17) is 5.73 Å². The summed E-state index contributed by atoms with van der Waals surface area (Å²) in [6, 6.07) is 6.12. The van der Waals surface area contributed by atoms with E-state index in [1.54, 1.807) is 0 Å². The van der Waals surface area contributed by atoms with Crippen molar-refractivity contribution in [1.29, 1.82) is 0 Å². The van der Waals surface area contributed by atoms with Crippen molar-refractivity contribution in [3.63, 3.8) is 0 Å². The summed E-state index contributed by atoms with van der Waals surface area (Å²) in [6.45, 7) is 0.0792. The molecule has 0 fully saturated rings. The van der Waals surface area contributed by atoms with Crippen LogP contribution in [-0.4, -0.2) is 29.5 Å². The second-order valence-electron chi connectivity index (χ2n) is 4.03. The monoisotopic (exact) mass is 307 g/mol. The van der Waals surface area contributed by atoms with E-state index in [2.05, 4.69) is 15.6 Å². The minimum Gasteiger partial charge on any atom is -0.351 e. The van der Waals surface area contributed by atoms with Gasteiger partial charge in [-0.05, 0) is 12.1 Å². The van der Waals surface area contributed by atoms with Crippen LogP contribution >= 0.6 is 11.3 Å². The number of rotatable bonds is 4. The van der Waals surface area contributed by atoms with Gasteiger partial charge in [-0.3, -0.25) is 15.4 Å². The van der Waals surface area contributed by atoms with Crippen LogP contribution in [-0.2, 0) is 4.79 Å². The normalized spacial score (nSPS) is 10.1. The molecule has 0 bridgehead atoms. The average Bonchev–Trinajstić information content (AvgIpc) is 2.79. The molecule has 21 heavy (non-hydrogen) atoms. The number of nitrogens with one attached hydrogen (secondary N) is 3. The van der Waals surface area contributed by atoms with E-state index in [0.717, 1.165) is 10.2 Å². The third kappa shape index (κ3) is 4.42. The summed E-state index contributed by atoms with van der Waals surface area (Å²) in [4.78, 5) is 37.4. The Morgan fingerprint density at radius 3 is 2.71 bits per heavy atom. The second-order valence-corrected chi connectivity index (χ2v) is 5.06. The molecule has 5 amide bonds. The summed E-state index contributed by atoms with van der Waals surface area (Å²) in [6.07, 6.45) is -0.0454. The van der Waals surface area contributed by atoms with Gasteiger partial charge in [0.15, 0.2) is 5.13 Å². The van der Waals surface area contributed by atoms with Gasteiger partial charge >= 0.3 is 12.1 Å². The highest BCUT2D eigenvalue weighted by molar-refractivity contribution is 7.22. The van der Waals surface area contributed by atoms with E-state index >= 15 is 0 Å². The number of nitrogens with zero attached hydrogens (tertiary/aromatic N) is 1. The fraction of sp³-hybridized carbons (Fsp3) is 0.167. The van der Waals surface area contributed by atoms with Crippen molar-refractivity contribution in [3.05, 3.63) is 24.3 Å². The first kappa shape index (κ1) is 14.7. The molecule has 1 aromatic heterocycles. The molecule has 2 aromatic rings. The van der Waals surface area contributed by atoms with E-state index < -0.39 is 18.0 Å². The van der Waals surface area contributed by atoms with Gasteiger partial charge in [0.1, 0.15) is 0 Å². The largest absolute Gasteiger partial charge is 0.351 e. The lowest BCUT2D eigenvalue weighted by atomic mass is 10.3. The zero-order valence-corrected chi connectivity index (χ0v) is 11.7. The molecule has 110 valence electrons. The van der Waals surface area contributed by atoms with Crippen molar-refractivity contribution in [2.45, 2.75) is 6.42 Å². The quantitative estimate of drug-likeness (QED) is 0.672. The molecule has 0 aliphatic rings. The van der Waals surface area contributed by atoms with Crippen LogP contribution in [0.2, 0.25) is 0 Å². The number of amides is 5. The summed E-state index contributed by atoms with van der Waals surface area (Å²) < 4.78 is 0.966. The number of nitrogens with two attached hydrogens (primary N) is 1. The number of imide groups is 1. The van der Waals surface area contributed by atoms with Crippen LogP contribution in [0, 0.1) is 0 Å². The third-order valence-corrected chi connectivity index (χ3v) is 3.37. The van der Waals surface area contributed by atoms with Crippen LogP contribution in [0.1, 0.15) is 6.42 Å². The smallest absolute Gasteiger partial charge is 0.321 e. The first-order chi connectivity index (χ1) is 10.0. The predicted molar refractivity (Wildman–Crippen MR) is 79.0 cm³/mol. The van der Waals surface area contributed by atoms with E-state index in [0.29, 0.717) is 5.13 Å². The molecule has 0 atom stereocenters. The van der Waals surface area contributed by atoms with E-state index in [1.165, 1.54) is 11.3 Å². The van der Waals surface area contributed by atoms with Gasteiger partial charge in [-0.25, -0.2) is 14.6 Å². The molecule has 9 heteroatoms. The Labute approximate surface area is 123 Å². The summed E-state index contributed by atoms with van der Waals surface area (Å²) in [5.74, 6) is -0.553. The van der Waals surface area contributed by atoms with Gasteiger partial charge in [-0.2, -0.15) is 0 Å². The summed E-state index contributed by atoms with van der Waals surface area (Å²) in [5, 5.41) is 7.43. The molecule has 0 spiro atoms. The Hall–Kier alpha value is -2.68. The molecule has 2 rings (SSSR count). The maximum Gasteiger partial charge on any atom is 0.321 e. The third-order valence-electron chi connectivity index (χ3n) is 2.41. The Morgan fingerprint density at radius 2 is 2.00 bits per heavy atom. The van der Waals surface area contributed by atoms with Crippen molar-refractivity contribution in [3.8, 4) is 0 Å². The lowest BCUT2D eigenvalue weighted by Crippen LogP contribution is -2.38. The van der Waals surface area contributed by atoms with Gasteiger partial charge in [0.25, 0.3) is 0 Å². The number of aromatic nitrogens is 1. The zero-order valence-electron chi connectivity index (χ0n) is 10.9. The predicted octanol–water partition coefficient (Wildman–Crippen LogP) is 1.00.